The fraction of sp³-hybridized carbons (Fsp3) is 0.458. The molecule has 2 saturated heterocycles. The third-order valence-electron chi connectivity index (χ3n) is 5.28. The van der Waals surface area contributed by atoms with Gasteiger partial charge in [-0.3, -0.25) is 0 Å². The molecule has 2 aliphatic heterocycles. The van der Waals surface area contributed by atoms with Gasteiger partial charge in [0.2, 0.25) is 0 Å². The molecule has 2 aliphatic rings. The van der Waals surface area contributed by atoms with E-state index in [1.165, 1.54) is 0 Å². The Bertz CT molecular complexity index is 822. The molecule has 2 heterocycles. The summed E-state index contributed by atoms with van der Waals surface area (Å²) in [5.41, 5.74) is 1.62. The number of carbonyl (C=O) groups excluding carboxylic acids is 1. The van der Waals surface area contributed by atoms with Gasteiger partial charge >= 0.3 is 5.97 Å². The van der Waals surface area contributed by atoms with Crippen LogP contribution >= 0.6 is 0 Å². The Kier molecular flexibility index (Phi) is 6.49. The van der Waals surface area contributed by atoms with Gasteiger partial charge in [-0.15, -0.1) is 0 Å². The minimum absolute atomic E-state index is 0.0145. The molecule has 0 aliphatic carbocycles. The summed E-state index contributed by atoms with van der Waals surface area (Å²) in [7, 11) is 0. The second-order valence-corrected chi connectivity index (χ2v) is 8.20. The van der Waals surface area contributed by atoms with Gasteiger partial charge in [0.25, 0.3) is 0 Å². The lowest BCUT2D eigenvalue weighted by molar-refractivity contribution is -0.195. The molecule has 4 rings (SSSR count). The van der Waals surface area contributed by atoms with Crippen LogP contribution < -0.4 is 0 Å². The Morgan fingerprint density at radius 2 is 1.73 bits per heavy atom. The van der Waals surface area contributed by atoms with E-state index in [1.54, 1.807) is 12.1 Å². The topological polar surface area (TPSA) is 63.2 Å². The molecule has 0 bridgehead atoms. The van der Waals surface area contributed by atoms with Gasteiger partial charge in [0.1, 0.15) is 6.10 Å². The van der Waals surface area contributed by atoms with Crippen molar-refractivity contribution in [2.45, 2.75) is 51.2 Å². The first-order valence-corrected chi connectivity index (χ1v) is 10.3. The Hall–Kier alpha value is -2.25. The van der Waals surface area contributed by atoms with Gasteiger partial charge in [0.05, 0.1) is 31.5 Å². The van der Waals surface area contributed by atoms with Crippen LogP contribution in [-0.2, 0) is 30.3 Å². The van der Waals surface area contributed by atoms with E-state index in [-0.39, 0.29) is 30.7 Å². The Morgan fingerprint density at radius 1 is 1.03 bits per heavy atom. The van der Waals surface area contributed by atoms with Crippen molar-refractivity contribution in [3.05, 3.63) is 71.8 Å². The first kappa shape index (κ1) is 21.0. The minimum Gasteiger partial charge on any atom is -0.462 e. The first-order valence-electron chi connectivity index (χ1n) is 10.3. The van der Waals surface area contributed by atoms with Crippen molar-refractivity contribution < 1.29 is 28.5 Å². The van der Waals surface area contributed by atoms with Crippen LogP contribution in [0.3, 0.4) is 0 Å². The molecular formula is C24H28O6. The molecule has 6 heteroatoms. The zero-order valence-corrected chi connectivity index (χ0v) is 17.4. The molecule has 6 nitrogen and oxygen atoms in total. The lowest BCUT2D eigenvalue weighted by Crippen LogP contribution is -2.37. The van der Waals surface area contributed by atoms with Gasteiger partial charge in [0, 0.05) is 5.92 Å². The number of fused-ring (bicyclic) bond motifs is 1. The summed E-state index contributed by atoms with van der Waals surface area (Å²) >= 11 is 0. The molecule has 30 heavy (non-hydrogen) atoms. The van der Waals surface area contributed by atoms with E-state index < -0.39 is 12.1 Å². The SMILES string of the molecule is CC1(C)OC2C(OCc3ccccc3)C[C@@H](COC(=O)c3ccccc3)CO[C@@H]2O1. The van der Waals surface area contributed by atoms with Crippen molar-refractivity contribution in [1.82, 2.24) is 0 Å². The van der Waals surface area contributed by atoms with Crippen LogP contribution in [-0.4, -0.2) is 43.5 Å². The summed E-state index contributed by atoms with van der Waals surface area (Å²) in [6.45, 7) is 4.88. The second kappa shape index (κ2) is 9.27. The summed E-state index contributed by atoms with van der Waals surface area (Å²) in [5, 5.41) is 0. The van der Waals surface area contributed by atoms with Crippen molar-refractivity contribution in [1.29, 1.82) is 0 Å². The number of ether oxygens (including phenoxy) is 5. The molecule has 2 fully saturated rings. The fourth-order valence-corrected chi connectivity index (χ4v) is 3.81. The maximum Gasteiger partial charge on any atom is 0.338 e. The summed E-state index contributed by atoms with van der Waals surface area (Å²) in [4.78, 5) is 12.3. The molecule has 0 N–H and O–H groups in total. The van der Waals surface area contributed by atoms with E-state index >= 15 is 0 Å². The molecule has 0 saturated carbocycles. The number of carbonyl (C=O) groups is 1. The van der Waals surface area contributed by atoms with Crippen molar-refractivity contribution in [3.63, 3.8) is 0 Å². The second-order valence-electron chi connectivity index (χ2n) is 8.20. The molecule has 0 radical (unpaired) electrons. The maximum atomic E-state index is 12.3. The third kappa shape index (κ3) is 5.26. The predicted octanol–water partition coefficient (Wildman–Crippen LogP) is 3.94. The van der Waals surface area contributed by atoms with E-state index in [9.17, 15) is 4.79 Å². The van der Waals surface area contributed by atoms with Gasteiger partial charge in [-0.1, -0.05) is 48.5 Å². The van der Waals surface area contributed by atoms with Crippen LogP contribution in [0.1, 0.15) is 36.2 Å². The number of esters is 1. The third-order valence-corrected chi connectivity index (χ3v) is 5.28. The highest BCUT2D eigenvalue weighted by atomic mass is 16.8. The molecule has 2 aromatic carbocycles. The normalized spacial score (nSPS) is 27.8. The highest BCUT2D eigenvalue weighted by Gasteiger charge is 2.49. The molecule has 160 valence electrons. The van der Waals surface area contributed by atoms with E-state index in [1.807, 2.05) is 62.4 Å². The van der Waals surface area contributed by atoms with Crippen LogP contribution in [0, 0.1) is 5.92 Å². The highest BCUT2D eigenvalue weighted by molar-refractivity contribution is 5.89. The zero-order valence-electron chi connectivity index (χ0n) is 17.4. The van der Waals surface area contributed by atoms with Crippen molar-refractivity contribution in [2.24, 2.45) is 5.92 Å². The number of rotatable bonds is 6. The smallest absolute Gasteiger partial charge is 0.338 e. The predicted molar refractivity (Wildman–Crippen MR) is 110 cm³/mol. The van der Waals surface area contributed by atoms with E-state index in [4.69, 9.17) is 23.7 Å². The summed E-state index contributed by atoms with van der Waals surface area (Å²) in [6, 6.07) is 19.0. The van der Waals surface area contributed by atoms with Crippen LogP contribution in [0.4, 0.5) is 0 Å². The lowest BCUT2D eigenvalue weighted by Gasteiger charge is -2.26. The summed E-state index contributed by atoms with van der Waals surface area (Å²) < 4.78 is 29.8. The van der Waals surface area contributed by atoms with Crippen molar-refractivity contribution >= 4 is 5.97 Å². The quantitative estimate of drug-likeness (QED) is 0.670. The molecular weight excluding hydrogens is 384 g/mol. The standard InChI is InChI=1S/C24H28O6/c1-24(2)29-21-20(26-14-17-9-5-3-6-10-17)13-18(16-28-23(21)30-24)15-27-22(25)19-11-7-4-8-12-19/h3-12,18,20-21,23H,13-16H2,1-2H3/t18-,20?,21?,23+/m0/s1. The van der Waals surface area contributed by atoms with Crippen LogP contribution in [0.2, 0.25) is 0 Å². The lowest BCUT2D eigenvalue weighted by atomic mass is 10.0. The molecule has 2 unspecified atom stereocenters. The Labute approximate surface area is 177 Å². The van der Waals surface area contributed by atoms with Gasteiger partial charge in [-0.25, -0.2) is 4.79 Å². The van der Waals surface area contributed by atoms with Gasteiger partial charge in [-0.05, 0) is 38.0 Å². The zero-order chi connectivity index (χ0) is 21.0. The van der Waals surface area contributed by atoms with E-state index in [0.717, 1.165) is 5.56 Å². The summed E-state index contributed by atoms with van der Waals surface area (Å²) in [5.74, 6) is -1.08. The number of hydrogen-bond acceptors (Lipinski definition) is 6. The van der Waals surface area contributed by atoms with Gasteiger partial charge < -0.3 is 23.7 Å². The average Bonchev–Trinajstić information content (AvgIpc) is 2.99. The van der Waals surface area contributed by atoms with Gasteiger partial charge in [-0.2, -0.15) is 0 Å². The van der Waals surface area contributed by atoms with Crippen LogP contribution in [0.15, 0.2) is 60.7 Å². The van der Waals surface area contributed by atoms with Crippen LogP contribution in [0.25, 0.3) is 0 Å². The minimum atomic E-state index is -0.726. The molecule has 0 amide bonds. The van der Waals surface area contributed by atoms with Crippen molar-refractivity contribution in [2.75, 3.05) is 13.2 Å². The first-order chi connectivity index (χ1) is 14.5. The van der Waals surface area contributed by atoms with E-state index in [0.29, 0.717) is 25.2 Å². The molecule has 0 spiro atoms. The molecule has 0 aromatic heterocycles. The fourth-order valence-electron chi connectivity index (χ4n) is 3.81. The van der Waals surface area contributed by atoms with Crippen molar-refractivity contribution in [3.8, 4) is 0 Å². The highest BCUT2D eigenvalue weighted by Crippen LogP contribution is 2.36. The molecule has 4 atom stereocenters. The van der Waals surface area contributed by atoms with Crippen LogP contribution in [0.5, 0.6) is 0 Å². The van der Waals surface area contributed by atoms with Gasteiger partial charge in [0.15, 0.2) is 12.1 Å². The van der Waals surface area contributed by atoms with E-state index in [2.05, 4.69) is 0 Å². The molecule has 2 aromatic rings. The summed E-state index contributed by atoms with van der Waals surface area (Å²) in [6.07, 6.45) is -0.427. The maximum absolute atomic E-state index is 12.3. The monoisotopic (exact) mass is 412 g/mol. The Morgan fingerprint density at radius 3 is 2.47 bits per heavy atom. The largest absolute Gasteiger partial charge is 0.462 e. The number of hydrogen-bond donors (Lipinski definition) is 0. The Balaban J connectivity index is 1.40. The number of benzene rings is 2. The average molecular weight is 412 g/mol.